The zero-order valence-electron chi connectivity index (χ0n) is 11.5. The molecule has 3 nitrogen and oxygen atoms in total. The van der Waals surface area contributed by atoms with Gasteiger partial charge in [0.15, 0.2) is 0 Å². The van der Waals surface area contributed by atoms with E-state index in [2.05, 4.69) is 22.9 Å². The zero-order chi connectivity index (χ0) is 13.2. The second kappa shape index (κ2) is 8.70. The normalized spacial score (nSPS) is 12.1. The summed E-state index contributed by atoms with van der Waals surface area (Å²) in [5.74, 6) is 0.725. The van der Waals surface area contributed by atoms with E-state index in [0.29, 0.717) is 6.04 Å². The summed E-state index contributed by atoms with van der Waals surface area (Å²) in [6.45, 7) is 3.74. The topological polar surface area (TPSA) is 34.2 Å². The van der Waals surface area contributed by atoms with Crippen molar-refractivity contribution in [3.63, 3.8) is 0 Å². The van der Waals surface area contributed by atoms with Crippen molar-refractivity contribution < 1.29 is 4.74 Å². The molecule has 0 radical (unpaired) electrons. The van der Waals surface area contributed by atoms with Gasteiger partial charge in [-0.1, -0.05) is 25.0 Å². The highest BCUT2D eigenvalue weighted by molar-refractivity contribution is 5.28. The molecule has 0 amide bonds. The molecule has 1 N–H and O–H groups in total. The van der Waals surface area contributed by atoms with E-state index in [1.165, 1.54) is 19.3 Å². The van der Waals surface area contributed by atoms with Crippen LogP contribution in [0.15, 0.2) is 31.0 Å². The molecule has 1 atom stereocenters. The van der Waals surface area contributed by atoms with Crippen LogP contribution >= 0.6 is 0 Å². The van der Waals surface area contributed by atoms with Crippen LogP contribution in [0.1, 0.15) is 43.7 Å². The van der Waals surface area contributed by atoms with E-state index in [1.807, 2.05) is 19.2 Å². The van der Waals surface area contributed by atoms with Crippen LogP contribution in [0.2, 0.25) is 0 Å². The van der Waals surface area contributed by atoms with Crippen molar-refractivity contribution in [3.8, 4) is 5.88 Å². The molecule has 3 heteroatoms. The maximum atomic E-state index is 5.31. The first-order chi connectivity index (χ1) is 8.83. The third kappa shape index (κ3) is 4.49. The Hall–Kier alpha value is -1.35. The van der Waals surface area contributed by atoms with Gasteiger partial charge in [-0.15, -0.1) is 6.58 Å². The van der Waals surface area contributed by atoms with E-state index in [0.717, 1.165) is 24.3 Å². The van der Waals surface area contributed by atoms with E-state index >= 15 is 0 Å². The molecular formula is C15H24N2O. The van der Waals surface area contributed by atoms with Crippen molar-refractivity contribution in [2.75, 3.05) is 14.2 Å². The van der Waals surface area contributed by atoms with Gasteiger partial charge < -0.3 is 10.1 Å². The predicted octanol–water partition coefficient (Wildman–Crippen LogP) is 3.49. The summed E-state index contributed by atoms with van der Waals surface area (Å²) in [5, 5.41) is 3.34. The van der Waals surface area contributed by atoms with Gasteiger partial charge in [-0.05, 0) is 32.4 Å². The Morgan fingerprint density at radius 2 is 2.28 bits per heavy atom. The molecule has 0 fully saturated rings. The standard InChI is InChI=1S/C15H24N2O/c1-4-5-6-7-8-11-14(16-2)13-10-9-12-17-15(13)18-3/h4,9-10,12,14,16H,1,5-8,11H2,2-3H3. The van der Waals surface area contributed by atoms with Crippen LogP contribution in [0.5, 0.6) is 5.88 Å². The number of rotatable bonds is 9. The monoisotopic (exact) mass is 248 g/mol. The zero-order valence-corrected chi connectivity index (χ0v) is 11.5. The van der Waals surface area contributed by atoms with E-state index in [4.69, 9.17) is 4.74 Å². The third-order valence-corrected chi connectivity index (χ3v) is 3.12. The van der Waals surface area contributed by atoms with E-state index in [-0.39, 0.29) is 0 Å². The second-order valence-electron chi connectivity index (χ2n) is 4.37. The maximum Gasteiger partial charge on any atom is 0.217 e. The number of allylic oxidation sites excluding steroid dienone is 1. The molecule has 1 heterocycles. The molecule has 100 valence electrons. The minimum absolute atomic E-state index is 0.317. The molecule has 1 rings (SSSR count). The number of pyridine rings is 1. The number of ether oxygens (including phenoxy) is 1. The Morgan fingerprint density at radius 3 is 2.94 bits per heavy atom. The lowest BCUT2D eigenvalue weighted by Gasteiger charge is -2.18. The van der Waals surface area contributed by atoms with Crippen molar-refractivity contribution in [1.82, 2.24) is 10.3 Å². The van der Waals surface area contributed by atoms with Crippen molar-refractivity contribution in [3.05, 3.63) is 36.5 Å². The summed E-state index contributed by atoms with van der Waals surface area (Å²) in [4.78, 5) is 4.25. The van der Waals surface area contributed by atoms with Crippen molar-refractivity contribution in [1.29, 1.82) is 0 Å². The molecule has 1 aromatic heterocycles. The fourth-order valence-corrected chi connectivity index (χ4v) is 2.11. The molecule has 0 bridgehead atoms. The Kier molecular flexibility index (Phi) is 7.11. The van der Waals surface area contributed by atoms with Crippen LogP contribution in [0.4, 0.5) is 0 Å². The minimum atomic E-state index is 0.317. The second-order valence-corrected chi connectivity index (χ2v) is 4.37. The van der Waals surface area contributed by atoms with Crippen LogP contribution in [-0.4, -0.2) is 19.1 Å². The van der Waals surface area contributed by atoms with E-state index in [1.54, 1.807) is 13.3 Å². The highest BCUT2D eigenvalue weighted by Crippen LogP contribution is 2.26. The summed E-state index contributed by atoms with van der Waals surface area (Å²) in [5.41, 5.74) is 1.14. The molecule has 0 aromatic carbocycles. The molecule has 1 aromatic rings. The third-order valence-electron chi connectivity index (χ3n) is 3.12. The number of hydrogen-bond acceptors (Lipinski definition) is 3. The molecule has 18 heavy (non-hydrogen) atoms. The molecule has 1 unspecified atom stereocenters. The maximum absolute atomic E-state index is 5.31. The Bertz CT molecular complexity index is 352. The summed E-state index contributed by atoms with van der Waals surface area (Å²) in [7, 11) is 3.66. The van der Waals surface area contributed by atoms with Gasteiger partial charge in [0.25, 0.3) is 0 Å². The smallest absolute Gasteiger partial charge is 0.217 e. The number of aromatic nitrogens is 1. The van der Waals surface area contributed by atoms with Crippen LogP contribution in [0, 0.1) is 0 Å². The first-order valence-corrected chi connectivity index (χ1v) is 6.60. The van der Waals surface area contributed by atoms with Gasteiger partial charge in [-0.3, -0.25) is 0 Å². The quantitative estimate of drug-likeness (QED) is 0.536. The summed E-state index contributed by atoms with van der Waals surface area (Å²) < 4.78 is 5.31. The number of unbranched alkanes of at least 4 members (excludes halogenated alkanes) is 3. The molecular weight excluding hydrogens is 224 g/mol. The van der Waals surface area contributed by atoms with Gasteiger partial charge in [0.2, 0.25) is 5.88 Å². The van der Waals surface area contributed by atoms with E-state index in [9.17, 15) is 0 Å². The van der Waals surface area contributed by atoms with Gasteiger partial charge in [-0.2, -0.15) is 0 Å². The van der Waals surface area contributed by atoms with E-state index < -0.39 is 0 Å². The van der Waals surface area contributed by atoms with Gasteiger partial charge in [0.1, 0.15) is 0 Å². The summed E-state index contributed by atoms with van der Waals surface area (Å²) in [6, 6.07) is 4.36. The highest BCUT2D eigenvalue weighted by atomic mass is 16.5. The Morgan fingerprint density at radius 1 is 1.44 bits per heavy atom. The lowest BCUT2D eigenvalue weighted by Crippen LogP contribution is -2.17. The first kappa shape index (κ1) is 14.7. The lowest BCUT2D eigenvalue weighted by molar-refractivity contribution is 0.380. The number of methoxy groups -OCH3 is 1. The van der Waals surface area contributed by atoms with Crippen LogP contribution in [0.3, 0.4) is 0 Å². The fraction of sp³-hybridized carbons (Fsp3) is 0.533. The highest BCUT2D eigenvalue weighted by Gasteiger charge is 2.14. The summed E-state index contributed by atoms with van der Waals surface area (Å²) in [6.07, 6.45) is 9.64. The number of hydrogen-bond donors (Lipinski definition) is 1. The predicted molar refractivity (Wildman–Crippen MR) is 75.9 cm³/mol. The van der Waals surface area contributed by atoms with Gasteiger partial charge in [-0.25, -0.2) is 4.98 Å². The Labute approximate surface area is 110 Å². The molecule has 0 spiro atoms. The van der Waals surface area contributed by atoms with Crippen molar-refractivity contribution >= 4 is 0 Å². The van der Waals surface area contributed by atoms with Crippen LogP contribution < -0.4 is 10.1 Å². The van der Waals surface area contributed by atoms with Gasteiger partial charge >= 0.3 is 0 Å². The van der Waals surface area contributed by atoms with Crippen molar-refractivity contribution in [2.24, 2.45) is 0 Å². The molecule has 0 aliphatic carbocycles. The average molecular weight is 248 g/mol. The van der Waals surface area contributed by atoms with Crippen molar-refractivity contribution in [2.45, 2.75) is 38.1 Å². The summed E-state index contributed by atoms with van der Waals surface area (Å²) >= 11 is 0. The molecule has 0 aliphatic heterocycles. The number of nitrogens with one attached hydrogen (secondary N) is 1. The van der Waals surface area contributed by atoms with Gasteiger partial charge in [0, 0.05) is 17.8 Å². The molecule has 0 aliphatic rings. The average Bonchev–Trinajstić information content (AvgIpc) is 2.43. The van der Waals surface area contributed by atoms with Crippen LogP contribution in [0.25, 0.3) is 0 Å². The largest absolute Gasteiger partial charge is 0.481 e. The lowest BCUT2D eigenvalue weighted by atomic mass is 10.0. The Balaban J connectivity index is 2.51. The molecule has 0 saturated carbocycles. The minimum Gasteiger partial charge on any atom is -0.481 e. The van der Waals surface area contributed by atoms with Gasteiger partial charge in [0.05, 0.1) is 7.11 Å². The number of nitrogens with zero attached hydrogens (tertiary/aromatic N) is 1. The SMILES string of the molecule is C=CCCCCCC(NC)c1cccnc1OC. The fourth-order valence-electron chi connectivity index (χ4n) is 2.11. The van der Waals surface area contributed by atoms with Crippen LogP contribution in [-0.2, 0) is 0 Å². The molecule has 0 saturated heterocycles. The first-order valence-electron chi connectivity index (χ1n) is 6.60.